The fourth-order valence-corrected chi connectivity index (χ4v) is 2.73. The molecule has 2 aliphatic rings. The number of esters is 4. The van der Waals surface area contributed by atoms with Crippen LogP contribution in [0.3, 0.4) is 0 Å². The van der Waals surface area contributed by atoms with Crippen LogP contribution in [0.5, 0.6) is 0 Å². The van der Waals surface area contributed by atoms with Crippen molar-refractivity contribution in [2.75, 3.05) is 0 Å². The summed E-state index contributed by atoms with van der Waals surface area (Å²) in [6.45, 7) is 7.16. The molecule has 0 spiro atoms. The zero-order chi connectivity index (χ0) is 15.6. The van der Waals surface area contributed by atoms with Crippen molar-refractivity contribution < 1.29 is 28.7 Å². The van der Waals surface area contributed by atoms with Gasteiger partial charge in [-0.2, -0.15) is 0 Å². The van der Waals surface area contributed by atoms with Crippen LogP contribution in [0.15, 0.2) is 18.2 Å². The highest BCUT2D eigenvalue weighted by atomic mass is 16.6. The zero-order valence-electron chi connectivity index (χ0n) is 10.6. The first-order valence-corrected chi connectivity index (χ1v) is 6.07. The Morgan fingerprint density at radius 1 is 0.773 bits per heavy atom. The molecule has 0 radical (unpaired) electrons. The fourth-order valence-electron chi connectivity index (χ4n) is 2.73. The number of carbonyl (C=O) groups is 4. The third kappa shape index (κ3) is 1.28. The lowest BCUT2D eigenvalue weighted by molar-refractivity contribution is 0.0366. The maximum atomic E-state index is 12.0. The van der Waals surface area contributed by atoms with Crippen LogP contribution in [0, 0.1) is 6.57 Å². The SMILES string of the molecule is [C-]#[N+]c1cc2c3c(ccc4c3c1C(=O)OC4=O)C(=O)OC2=O. The lowest BCUT2D eigenvalue weighted by Gasteiger charge is -2.22. The summed E-state index contributed by atoms with van der Waals surface area (Å²) in [5, 5.41) is 0.235. The number of benzene rings is 2. The van der Waals surface area contributed by atoms with Crippen molar-refractivity contribution in [3.05, 3.63) is 51.9 Å². The third-order valence-electron chi connectivity index (χ3n) is 3.62. The van der Waals surface area contributed by atoms with Gasteiger partial charge >= 0.3 is 23.9 Å². The Hall–Kier alpha value is -3.53. The first-order valence-electron chi connectivity index (χ1n) is 6.07. The second-order valence-corrected chi connectivity index (χ2v) is 4.69. The van der Waals surface area contributed by atoms with Gasteiger partial charge in [-0.3, -0.25) is 0 Å². The second-order valence-electron chi connectivity index (χ2n) is 4.69. The van der Waals surface area contributed by atoms with Gasteiger partial charge in [-0.25, -0.2) is 24.0 Å². The summed E-state index contributed by atoms with van der Waals surface area (Å²) in [7, 11) is 0. The minimum absolute atomic E-state index is 0.0244. The van der Waals surface area contributed by atoms with E-state index in [1.54, 1.807) is 0 Å². The van der Waals surface area contributed by atoms with E-state index in [0.29, 0.717) is 0 Å². The van der Waals surface area contributed by atoms with Crippen LogP contribution in [-0.2, 0) is 9.47 Å². The van der Waals surface area contributed by atoms with Crippen LogP contribution in [0.1, 0.15) is 41.4 Å². The maximum Gasteiger partial charge on any atom is 0.346 e. The Bertz CT molecular complexity index is 1010. The van der Waals surface area contributed by atoms with Crippen molar-refractivity contribution in [3.8, 4) is 0 Å². The molecule has 0 fully saturated rings. The summed E-state index contributed by atoms with van der Waals surface area (Å²) in [5.74, 6) is -3.64. The summed E-state index contributed by atoms with van der Waals surface area (Å²) < 4.78 is 9.21. The van der Waals surface area contributed by atoms with Crippen LogP contribution in [0.2, 0.25) is 0 Å². The van der Waals surface area contributed by atoms with Gasteiger partial charge in [-0.05, 0) is 18.2 Å². The number of cyclic esters (lactones) is 4. The molecule has 0 amide bonds. The van der Waals surface area contributed by atoms with Crippen LogP contribution in [0.25, 0.3) is 15.6 Å². The molecule has 0 N–H and O–H groups in total. The Labute approximate surface area is 121 Å². The van der Waals surface area contributed by atoms with Crippen LogP contribution >= 0.6 is 0 Å². The van der Waals surface area contributed by atoms with Crippen molar-refractivity contribution in [1.29, 1.82) is 0 Å². The van der Waals surface area contributed by atoms with Crippen molar-refractivity contribution in [3.63, 3.8) is 0 Å². The maximum absolute atomic E-state index is 12.0. The molecule has 0 unspecified atom stereocenters. The predicted octanol–water partition coefficient (Wildman–Crippen LogP) is 2.01. The number of hydrogen-bond acceptors (Lipinski definition) is 6. The highest BCUT2D eigenvalue weighted by Gasteiger charge is 2.37. The molecule has 22 heavy (non-hydrogen) atoms. The van der Waals surface area contributed by atoms with Crippen molar-refractivity contribution >= 4 is 40.3 Å². The molecule has 7 nitrogen and oxygen atoms in total. The molecular formula is C15H3NO6. The van der Waals surface area contributed by atoms with E-state index >= 15 is 0 Å². The monoisotopic (exact) mass is 293 g/mol. The molecule has 7 heteroatoms. The Morgan fingerprint density at radius 2 is 1.32 bits per heavy atom. The van der Waals surface area contributed by atoms with E-state index in [2.05, 4.69) is 14.3 Å². The van der Waals surface area contributed by atoms with E-state index in [-0.39, 0.29) is 38.7 Å². The first kappa shape index (κ1) is 12.2. The lowest BCUT2D eigenvalue weighted by Crippen LogP contribution is -2.25. The summed E-state index contributed by atoms with van der Waals surface area (Å²) >= 11 is 0. The molecule has 2 aromatic carbocycles. The number of rotatable bonds is 0. The number of carbonyl (C=O) groups excluding carboxylic acids is 4. The minimum Gasteiger partial charge on any atom is -0.387 e. The first-order chi connectivity index (χ1) is 10.5. The molecule has 0 saturated carbocycles. The average molecular weight is 293 g/mol. The van der Waals surface area contributed by atoms with Crippen LogP contribution in [0.4, 0.5) is 5.69 Å². The standard InChI is InChI=1S/C15H3NO6/c1-16-8-4-7-9-5(12(17)21-14(7)19)2-3-6-10(9)11(8)15(20)22-13(6)18/h2-4H. The van der Waals surface area contributed by atoms with Gasteiger partial charge in [0.15, 0.2) is 0 Å². The van der Waals surface area contributed by atoms with Crippen molar-refractivity contribution in [2.24, 2.45) is 0 Å². The smallest absolute Gasteiger partial charge is 0.346 e. The Kier molecular flexibility index (Phi) is 2.09. The summed E-state index contributed by atoms with van der Waals surface area (Å²) in [4.78, 5) is 50.7. The van der Waals surface area contributed by atoms with Gasteiger partial charge in [0.25, 0.3) is 0 Å². The molecular weight excluding hydrogens is 290 g/mol. The van der Waals surface area contributed by atoms with Gasteiger partial charge in [0.1, 0.15) is 0 Å². The molecule has 0 atom stereocenters. The third-order valence-corrected chi connectivity index (χ3v) is 3.62. The van der Waals surface area contributed by atoms with Gasteiger partial charge in [0.2, 0.25) is 5.69 Å². The Morgan fingerprint density at radius 3 is 1.95 bits per heavy atom. The molecule has 4 rings (SSSR count). The van der Waals surface area contributed by atoms with Crippen LogP contribution in [-0.4, -0.2) is 23.9 Å². The Balaban J connectivity index is 2.34. The quantitative estimate of drug-likeness (QED) is 0.419. The number of hydrogen-bond donors (Lipinski definition) is 0. The van der Waals surface area contributed by atoms with E-state index in [4.69, 9.17) is 6.57 Å². The second kappa shape index (κ2) is 3.77. The van der Waals surface area contributed by atoms with Gasteiger partial charge in [-0.15, -0.1) is 0 Å². The average Bonchev–Trinajstić information content (AvgIpc) is 2.49. The largest absolute Gasteiger partial charge is 0.387 e. The highest BCUT2D eigenvalue weighted by molar-refractivity contribution is 6.30. The van der Waals surface area contributed by atoms with E-state index in [1.807, 2.05) is 0 Å². The van der Waals surface area contributed by atoms with Gasteiger partial charge in [-0.1, -0.05) is 0 Å². The lowest BCUT2D eigenvalue weighted by atomic mass is 9.88. The van der Waals surface area contributed by atoms with E-state index in [9.17, 15) is 19.2 Å². The molecule has 2 heterocycles. The summed E-state index contributed by atoms with van der Waals surface area (Å²) in [6, 6.07) is 3.81. The summed E-state index contributed by atoms with van der Waals surface area (Å²) in [5.41, 5.74) is -0.183. The molecule has 0 aromatic heterocycles. The predicted molar refractivity (Wildman–Crippen MR) is 69.7 cm³/mol. The zero-order valence-corrected chi connectivity index (χ0v) is 10.6. The van der Waals surface area contributed by atoms with E-state index in [1.165, 1.54) is 18.2 Å². The van der Waals surface area contributed by atoms with Crippen molar-refractivity contribution in [2.45, 2.75) is 0 Å². The van der Waals surface area contributed by atoms with Crippen molar-refractivity contribution in [1.82, 2.24) is 0 Å². The molecule has 0 aliphatic carbocycles. The molecule has 0 bridgehead atoms. The van der Waals surface area contributed by atoms with Gasteiger partial charge in [0.05, 0.1) is 28.8 Å². The van der Waals surface area contributed by atoms with Gasteiger partial charge < -0.3 is 9.47 Å². The number of ether oxygens (including phenoxy) is 2. The van der Waals surface area contributed by atoms with Crippen LogP contribution < -0.4 is 0 Å². The molecule has 2 aromatic rings. The molecule has 2 aliphatic heterocycles. The minimum atomic E-state index is -0.974. The molecule has 104 valence electrons. The number of nitrogens with zero attached hydrogens (tertiary/aromatic N) is 1. The normalized spacial score (nSPS) is 15.4. The topological polar surface area (TPSA) is 91.1 Å². The summed E-state index contributed by atoms with van der Waals surface area (Å²) in [6.07, 6.45) is 0. The van der Waals surface area contributed by atoms with E-state index in [0.717, 1.165) is 0 Å². The van der Waals surface area contributed by atoms with Gasteiger partial charge in [0, 0.05) is 10.8 Å². The van der Waals surface area contributed by atoms with E-state index < -0.39 is 23.9 Å². The fraction of sp³-hybridized carbons (Fsp3) is 0. The molecule has 0 saturated heterocycles. The highest BCUT2D eigenvalue weighted by Crippen LogP contribution is 2.41.